The van der Waals surface area contributed by atoms with Gasteiger partial charge in [0.25, 0.3) is 0 Å². The van der Waals surface area contributed by atoms with E-state index in [1.54, 1.807) is 36.4 Å². The standard InChI is InChI=1S/C16H13NO3/c1-11(19)14-7-6-12(9-17)8-16(14)20-15-5-3-2-4-13(15)10-18/h2-8,18H,10H2,1H3. The van der Waals surface area contributed by atoms with Crippen molar-refractivity contribution in [1.82, 2.24) is 0 Å². The zero-order valence-corrected chi connectivity index (χ0v) is 11.0. The molecule has 0 unspecified atom stereocenters. The van der Waals surface area contributed by atoms with Crippen LogP contribution in [-0.4, -0.2) is 10.9 Å². The van der Waals surface area contributed by atoms with E-state index in [1.807, 2.05) is 6.07 Å². The predicted molar refractivity (Wildman–Crippen MR) is 73.6 cm³/mol. The van der Waals surface area contributed by atoms with Crippen molar-refractivity contribution in [3.8, 4) is 17.6 Å². The fraction of sp³-hybridized carbons (Fsp3) is 0.125. The lowest BCUT2D eigenvalue weighted by Gasteiger charge is -2.12. The van der Waals surface area contributed by atoms with Crippen LogP contribution >= 0.6 is 0 Å². The summed E-state index contributed by atoms with van der Waals surface area (Å²) in [6.07, 6.45) is 0. The van der Waals surface area contributed by atoms with Crippen molar-refractivity contribution < 1.29 is 14.6 Å². The maximum absolute atomic E-state index is 11.6. The normalized spacial score (nSPS) is 9.85. The Morgan fingerprint density at radius 1 is 1.25 bits per heavy atom. The third kappa shape index (κ3) is 2.85. The Kier molecular flexibility index (Phi) is 4.14. The number of ether oxygens (including phenoxy) is 1. The number of nitrogens with zero attached hydrogens (tertiary/aromatic N) is 1. The van der Waals surface area contributed by atoms with E-state index in [9.17, 15) is 9.90 Å². The van der Waals surface area contributed by atoms with Crippen LogP contribution in [0.15, 0.2) is 42.5 Å². The summed E-state index contributed by atoms with van der Waals surface area (Å²) < 4.78 is 5.70. The SMILES string of the molecule is CC(=O)c1ccc(C#N)cc1Oc1ccccc1CO. The van der Waals surface area contributed by atoms with E-state index in [0.717, 1.165) is 0 Å². The van der Waals surface area contributed by atoms with E-state index in [0.29, 0.717) is 28.2 Å². The number of Topliss-reactive ketones (excluding diaryl/α,β-unsaturated/α-hetero) is 1. The third-order valence-electron chi connectivity index (χ3n) is 2.85. The molecule has 100 valence electrons. The predicted octanol–water partition coefficient (Wildman–Crippen LogP) is 3.05. The summed E-state index contributed by atoms with van der Waals surface area (Å²) >= 11 is 0. The van der Waals surface area contributed by atoms with Gasteiger partial charge in [-0.1, -0.05) is 18.2 Å². The second-order valence-corrected chi connectivity index (χ2v) is 4.25. The number of carbonyl (C=O) groups excluding carboxylic acids is 1. The summed E-state index contributed by atoms with van der Waals surface area (Å²) in [6.45, 7) is 1.27. The van der Waals surface area contributed by atoms with Gasteiger partial charge in [0.05, 0.1) is 23.8 Å². The highest BCUT2D eigenvalue weighted by Crippen LogP contribution is 2.29. The molecule has 2 rings (SSSR count). The van der Waals surface area contributed by atoms with E-state index in [2.05, 4.69) is 0 Å². The number of para-hydroxylation sites is 1. The van der Waals surface area contributed by atoms with E-state index in [-0.39, 0.29) is 12.4 Å². The number of hydrogen-bond acceptors (Lipinski definition) is 4. The van der Waals surface area contributed by atoms with Crippen LogP contribution in [0.5, 0.6) is 11.5 Å². The van der Waals surface area contributed by atoms with Crippen LogP contribution < -0.4 is 4.74 Å². The first-order valence-corrected chi connectivity index (χ1v) is 6.07. The van der Waals surface area contributed by atoms with Gasteiger partial charge >= 0.3 is 0 Å². The van der Waals surface area contributed by atoms with Crippen molar-refractivity contribution in [2.24, 2.45) is 0 Å². The Morgan fingerprint density at radius 2 is 2.00 bits per heavy atom. The number of rotatable bonds is 4. The molecule has 0 atom stereocenters. The second kappa shape index (κ2) is 6.00. The number of nitriles is 1. The molecule has 20 heavy (non-hydrogen) atoms. The van der Waals surface area contributed by atoms with E-state index in [1.165, 1.54) is 13.0 Å². The minimum absolute atomic E-state index is 0.147. The molecule has 0 radical (unpaired) electrons. The van der Waals surface area contributed by atoms with Crippen LogP contribution in [0.1, 0.15) is 28.4 Å². The Labute approximate surface area is 116 Å². The smallest absolute Gasteiger partial charge is 0.163 e. The topological polar surface area (TPSA) is 70.3 Å². The highest BCUT2D eigenvalue weighted by molar-refractivity contribution is 5.97. The summed E-state index contributed by atoms with van der Waals surface area (Å²) in [5.41, 5.74) is 1.42. The summed E-state index contributed by atoms with van der Waals surface area (Å²) in [5.74, 6) is 0.635. The van der Waals surface area contributed by atoms with Gasteiger partial charge in [0.2, 0.25) is 0 Å². The van der Waals surface area contributed by atoms with Crippen molar-refractivity contribution in [3.05, 3.63) is 59.2 Å². The lowest BCUT2D eigenvalue weighted by molar-refractivity contribution is 0.101. The summed E-state index contributed by atoms with van der Waals surface area (Å²) in [7, 11) is 0. The molecule has 0 saturated carbocycles. The van der Waals surface area contributed by atoms with Gasteiger partial charge in [-0.3, -0.25) is 4.79 Å². The molecule has 0 aliphatic carbocycles. The molecule has 0 heterocycles. The first-order valence-electron chi connectivity index (χ1n) is 6.07. The largest absolute Gasteiger partial charge is 0.456 e. The Balaban J connectivity index is 2.46. The fourth-order valence-corrected chi connectivity index (χ4v) is 1.82. The van der Waals surface area contributed by atoms with Crippen LogP contribution in [0.2, 0.25) is 0 Å². The molecule has 2 aromatic carbocycles. The summed E-state index contributed by atoms with van der Waals surface area (Å²) in [4.78, 5) is 11.6. The van der Waals surface area contributed by atoms with Crippen molar-refractivity contribution in [2.75, 3.05) is 0 Å². The molecule has 1 N–H and O–H groups in total. The molecular formula is C16H13NO3. The van der Waals surface area contributed by atoms with E-state index < -0.39 is 0 Å². The fourth-order valence-electron chi connectivity index (χ4n) is 1.82. The van der Waals surface area contributed by atoms with Gasteiger partial charge in [-0.25, -0.2) is 0 Å². The molecule has 0 saturated heterocycles. The van der Waals surface area contributed by atoms with Crippen LogP contribution in [0.4, 0.5) is 0 Å². The number of ketones is 1. The molecule has 2 aromatic rings. The average molecular weight is 267 g/mol. The molecule has 0 bridgehead atoms. The minimum atomic E-state index is -0.163. The molecule has 4 nitrogen and oxygen atoms in total. The van der Waals surface area contributed by atoms with Crippen LogP contribution in [0.3, 0.4) is 0 Å². The monoisotopic (exact) mass is 267 g/mol. The number of hydrogen-bond donors (Lipinski definition) is 1. The van der Waals surface area contributed by atoms with Gasteiger partial charge in [-0.05, 0) is 31.2 Å². The highest BCUT2D eigenvalue weighted by Gasteiger charge is 2.12. The maximum Gasteiger partial charge on any atom is 0.163 e. The summed E-state index contributed by atoms with van der Waals surface area (Å²) in [6, 6.07) is 13.7. The molecule has 0 amide bonds. The quantitative estimate of drug-likeness (QED) is 0.864. The third-order valence-corrected chi connectivity index (χ3v) is 2.85. The first kappa shape index (κ1) is 13.8. The lowest BCUT2D eigenvalue weighted by atomic mass is 10.1. The minimum Gasteiger partial charge on any atom is -0.456 e. The van der Waals surface area contributed by atoms with Crippen LogP contribution in [0.25, 0.3) is 0 Å². The van der Waals surface area contributed by atoms with Crippen molar-refractivity contribution in [2.45, 2.75) is 13.5 Å². The lowest BCUT2D eigenvalue weighted by Crippen LogP contribution is -1.99. The van der Waals surface area contributed by atoms with Gasteiger partial charge in [-0.2, -0.15) is 5.26 Å². The van der Waals surface area contributed by atoms with Crippen molar-refractivity contribution in [1.29, 1.82) is 5.26 Å². The average Bonchev–Trinajstić information content (AvgIpc) is 2.47. The number of aliphatic hydroxyl groups is 1. The summed E-state index contributed by atoms with van der Waals surface area (Å²) in [5, 5.41) is 18.2. The second-order valence-electron chi connectivity index (χ2n) is 4.25. The van der Waals surface area contributed by atoms with Crippen molar-refractivity contribution in [3.63, 3.8) is 0 Å². The molecule has 0 fully saturated rings. The Morgan fingerprint density at radius 3 is 2.65 bits per heavy atom. The Hall–Kier alpha value is -2.64. The number of benzene rings is 2. The molecule has 0 aliphatic rings. The molecular weight excluding hydrogens is 254 g/mol. The number of carbonyl (C=O) groups is 1. The van der Waals surface area contributed by atoms with Gasteiger partial charge in [-0.15, -0.1) is 0 Å². The van der Waals surface area contributed by atoms with Crippen LogP contribution in [-0.2, 0) is 6.61 Å². The molecule has 4 heteroatoms. The van der Waals surface area contributed by atoms with E-state index in [4.69, 9.17) is 10.00 Å². The zero-order chi connectivity index (χ0) is 14.5. The molecule has 0 aromatic heterocycles. The first-order chi connectivity index (χ1) is 9.65. The van der Waals surface area contributed by atoms with Crippen molar-refractivity contribution >= 4 is 5.78 Å². The highest BCUT2D eigenvalue weighted by atomic mass is 16.5. The van der Waals surface area contributed by atoms with Gasteiger partial charge < -0.3 is 9.84 Å². The van der Waals surface area contributed by atoms with Crippen LogP contribution in [0, 0.1) is 11.3 Å². The van der Waals surface area contributed by atoms with Gasteiger partial charge in [0.15, 0.2) is 5.78 Å². The Bertz CT molecular complexity index is 686. The molecule has 0 aliphatic heterocycles. The van der Waals surface area contributed by atoms with Gasteiger partial charge in [0, 0.05) is 5.56 Å². The number of aliphatic hydroxyl groups excluding tert-OH is 1. The van der Waals surface area contributed by atoms with E-state index >= 15 is 0 Å². The van der Waals surface area contributed by atoms with Gasteiger partial charge in [0.1, 0.15) is 11.5 Å². The maximum atomic E-state index is 11.6. The molecule has 0 spiro atoms. The zero-order valence-electron chi connectivity index (χ0n) is 11.0.